The Labute approximate surface area is 64.1 Å². The first-order valence-corrected chi connectivity index (χ1v) is 3.08. The van der Waals surface area contributed by atoms with E-state index in [0.717, 1.165) is 4.90 Å². The minimum absolute atomic E-state index is 0.569. The first-order valence-electron chi connectivity index (χ1n) is 3.08. The van der Waals surface area contributed by atoms with Crippen LogP contribution in [0, 0.1) is 0 Å². The smallest absolute Gasteiger partial charge is 0.411 e. The third kappa shape index (κ3) is 1.67. The molecule has 4 nitrogen and oxygen atoms in total. The molecule has 0 unspecified atom stereocenters. The van der Waals surface area contributed by atoms with Gasteiger partial charge in [0, 0.05) is 13.2 Å². The van der Waals surface area contributed by atoms with Crippen molar-refractivity contribution in [3.63, 3.8) is 0 Å². The lowest BCUT2D eigenvalue weighted by atomic mass is 10.4. The Balaban J connectivity index is 2.85. The highest BCUT2D eigenvalue weighted by Crippen LogP contribution is 2.08. The molecule has 0 fully saturated rings. The maximum absolute atomic E-state index is 10.4. The van der Waals surface area contributed by atoms with E-state index in [1.165, 1.54) is 13.2 Å². The van der Waals surface area contributed by atoms with Gasteiger partial charge in [-0.25, -0.2) is 4.79 Å². The van der Waals surface area contributed by atoms with Gasteiger partial charge in [0.2, 0.25) is 0 Å². The highest BCUT2D eigenvalue weighted by atomic mass is 16.4. The van der Waals surface area contributed by atoms with E-state index in [0.29, 0.717) is 5.69 Å². The molecular weight excluding hydrogens is 144 g/mol. The number of carboxylic acid groups (broad SMARTS) is 1. The standard InChI is InChI=1S/C7H8N2O2/c1-9(7(10)11)6-3-2-4-8-5-6/h2-5H,1H3,(H,10,11). The highest BCUT2D eigenvalue weighted by molar-refractivity contribution is 5.84. The second kappa shape index (κ2) is 3.01. The fourth-order valence-corrected chi connectivity index (χ4v) is 0.663. The van der Waals surface area contributed by atoms with E-state index in [9.17, 15) is 4.79 Å². The zero-order valence-electron chi connectivity index (χ0n) is 6.06. The SMILES string of the molecule is CN(C(=O)O)c1cccnc1. The summed E-state index contributed by atoms with van der Waals surface area (Å²) in [6, 6.07) is 3.37. The lowest BCUT2D eigenvalue weighted by molar-refractivity contribution is 0.203. The topological polar surface area (TPSA) is 53.4 Å². The van der Waals surface area contributed by atoms with Gasteiger partial charge in [0.15, 0.2) is 0 Å². The van der Waals surface area contributed by atoms with Crippen molar-refractivity contribution in [2.24, 2.45) is 0 Å². The van der Waals surface area contributed by atoms with Crippen molar-refractivity contribution < 1.29 is 9.90 Å². The lowest BCUT2D eigenvalue weighted by Gasteiger charge is -2.10. The van der Waals surface area contributed by atoms with Crippen LogP contribution in [0.4, 0.5) is 10.5 Å². The van der Waals surface area contributed by atoms with Crippen molar-refractivity contribution in [1.29, 1.82) is 0 Å². The monoisotopic (exact) mass is 152 g/mol. The minimum Gasteiger partial charge on any atom is -0.465 e. The minimum atomic E-state index is -0.988. The summed E-state index contributed by atoms with van der Waals surface area (Å²) >= 11 is 0. The molecule has 0 aromatic carbocycles. The first-order chi connectivity index (χ1) is 5.22. The summed E-state index contributed by atoms with van der Waals surface area (Å²) in [5.41, 5.74) is 0.569. The normalized spacial score (nSPS) is 9.18. The number of aromatic nitrogens is 1. The number of nitrogens with zero attached hydrogens (tertiary/aromatic N) is 2. The van der Waals surface area contributed by atoms with E-state index in [4.69, 9.17) is 5.11 Å². The molecule has 0 radical (unpaired) electrons. The van der Waals surface area contributed by atoms with Gasteiger partial charge in [0.25, 0.3) is 0 Å². The van der Waals surface area contributed by atoms with E-state index in [-0.39, 0.29) is 0 Å². The number of carbonyl (C=O) groups is 1. The van der Waals surface area contributed by atoms with Crippen molar-refractivity contribution in [2.75, 3.05) is 11.9 Å². The van der Waals surface area contributed by atoms with Crippen LogP contribution < -0.4 is 4.90 Å². The average Bonchev–Trinajstić information content (AvgIpc) is 2.05. The molecule has 0 aliphatic carbocycles. The predicted octanol–water partition coefficient (Wildman–Crippen LogP) is 1.20. The van der Waals surface area contributed by atoms with Crippen molar-refractivity contribution in [2.45, 2.75) is 0 Å². The number of amides is 1. The largest absolute Gasteiger partial charge is 0.465 e. The molecule has 1 aromatic rings. The second-order valence-corrected chi connectivity index (χ2v) is 2.05. The predicted molar refractivity (Wildman–Crippen MR) is 40.7 cm³/mol. The van der Waals surface area contributed by atoms with Crippen LogP contribution in [0.5, 0.6) is 0 Å². The van der Waals surface area contributed by atoms with Gasteiger partial charge in [-0.05, 0) is 12.1 Å². The zero-order valence-corrected chi connectivity index (χ0v) is 6.06. The molecule has 0 aliphatic heterocycles. The quantitative estimate of drug-likeness (QED) is 0.657. The Kier molecular flexibility index (Phi) is 2.06. The van der Waals surface area contributed by atoms with Gasteiger partial charge >= 0.3 is 6.09 Å². The van der Waals surface area contributed by atoms with Crippen LogP contribution in [0.3, 0.4) is 0 Å². The molecule has 0 aliphatic rings. The zero-order chi connectivity index (χ0) is 8.27. The molecular formula is C7H8N2O2. The van der Waals surface area contributed by atoms with Gasteiger partial charge in [-0.3, -0.25) is 9.88 Å². The Morgan fingerprint density at radius 3 is 2.91 bits per heavy atom. The Morgan fingerprint density at radius 1 is 1.73 bits per heavy atom. The summed E-state index contributed by atoms with van der Waals surface area (Å²) in [5, 5.41) is 8.53. The van der Waals surface area contributed by atoms with Crippen molar-refractivity contribution >= 4 is 11.8 Å². The van der Waals surface area contributed by atoms with Gasteiger partial charge in [-0.2, -0.15) is 0 Å². The summed E-state index contributed by atoms with van der Waals surface area (Å²) in [6.45, 7) is 0. The number of hydrogen-bond donors (Lipinski definition) is 1. The molecule has 0 saturated heterocycles. The summed E-state index contributed by atoms with van der Waals surface area (Å²) in [4.78, 5) is 15.3. The fourth-order valence-electron chi connectivity index (χ4n) is 0.663. The number of anilines is 1. The van der Waals surface area contributed by atoms with Crippen LogP contribution in [0.2, 0.25) is 0 Å². The van der Waals surface area contributed by atoms with E-state index >= 15 is 0 Å². The molecule has 11 heavy (non-hydrogen) atoms. The third-order valence-electron chi connectivity index (χ3n) is 1.32. The Morgan fingerprint density at radius 2 is 2.45 bits per heavy atom. The Hall–Kier alpha value is -1.58. The molecule has 1 heterocycles. The van der Waals surface area contributed by atoms with E-state index in [1.54, 1.807) is 18.3 Å². The molecule has 58 valence electrons. The molecule has 1 amide bonds. The van der Waals surface area contributed by atoms with Gasteiger partial charge in [0.1, 0.15) is 0 Å². The molecule has 0 spiro atoms. The van der Waals surface area contributed by atoms with Crippen LogP contribution in [-0.4, -0.2) is 23.2 Å². The maximum Gasteiger partial charge on any atom is 0.411 e. The lowest BCUT2D eigenvalue weighted by Crippen LogP contribution is -2.23. The number of hydrogen-bond acceptors (Lipinski definition) is 2. The highest BCUT2D eigenvalue weighted by Gasteiger charge is 2.06. The van der Waals surface area contributed by atoms with E-state index < -0.39 is 6.09 Å². The van der Waals surface area contributed by atoms with Crippen molar-refractivity contribution in [3.8, 4) is 0 Å². The molecule has 1 rings (SSSR count). The number of pyridine rings is 1. The van der Waals surface area contributed by atoms with Gasteiger partial charge < -0.3 is 5.11 Å². The van der Waals surface area contributed by atoms with Crippen LogP contribution in [-0.2, 0) is 0 Å². The van der Waals surface area contributed by atoms with Crippen LogP contribution in [0.1, 0.15) is 0 Å². The van der Waals surface area contributed by atoms with Crippen molar-refractivity contribution in [1.82, 2.24) is 4.98 Å². The summed E-state index contributed by atoms with van der Waals surface area (Å²) in [7, 11) is 1.47. The number of rotatable bonds is 1. The van der Waals surface area contributed by atoms with Crippen molar-refractivity contribution in [3.05, 3.63) is 24.5 Å². The van der Waals surface area contributed by atoms with Crippen LogP contribution in [0.25, 0.3) is 0 Å². The summed E-state index contributed by atoms with van der Waals surface area (Å²) in [5.74, 6) is 0. The third-order valence-corrected chi connectivity index (χ3v) is 1.32. The van der Waals surface area contributed by atoms with Gasteiger partial charge in [0.05, 0.1) is 11.9 Å². The van der Waals surface area contributed by atoms with Crippen LogP contribution in [0.15, 0.2) is 24.5 Å². The molecule has 0 bridgehead atoms. The second-order valence-electron chi connectivity index (χ2n) is 2.05. The van der Waals surface area contributed by atoms with E-state index in [1.807, 2.05) is 0 Å². The first kappa shape index (κ1) is 7.53. The summed E-state index contributed by atoms with van der Waals surface area (Å²) in [6.07, 6.45) is 2.10. The molecule has 4 heteroatoms. The van der Waals surface area contributed by atoms with Crippen LogP contribution >= 0.6 is 0 Å². The van der Waals surface area contributed by atoms with E-state index in [2.05, 4.69) is 4.98 Å². The fraction of sp³-hybridized carbons (Fsp3) is 0.143. The molecule has 1 N–H and O–H groups in total. The van der Waals surface area contributed by atoms with Gasteiger partial charge in [-0.15, -0.1) is 0 Å². The molecule has 0 saturated carbocycles. The van der Waals surface area contributed by atoms with Gasteiger partial charge in [-0.1, -0.05) is 0 Å². The Bertz CT molecular complexity index is 248. The summed E-state index contributed by atoms with van der Waals surface area (Å²) < 4.78 is 0. The molecule has 1 aromatic heterocycles. The molecule has 0 atom stereocenters. The average molecular weight is 152 g/mol. The maximum atomic E-state index is 10.4.